The highest BCUT2D eigenvalue weighted by molar-refractivity contribution is 5.29. The molecule has 0 aromatic heterocycles. The monoisotopic (exact) mass is 360 g/mol. The molecule has 0 unspecified atom stereocenters. The highest BCUT2D eigenvalue weighted by atomic mass is 16.5. The molecule has 2 heteroatoms. The highest BCUT2D eigenvalue weighted by Gasteiger charge is 2.22. The van der Waals surface area contributed by atoms with Gasteiger partial charge in [0.05, 0.1) is 6.61 Å². The normalized spacial score (nSPS) is 20.2. The third kappa shape index (κ3) is 8.12. The Balaban J connectivity index is 1.62. The fourth-order valence-electron chi connectivity index (χ4n) is 4.24. The van der Waals surface area contributed by atoms with Gasteiger partial charge in [-0.25, -0.2) is 0 Å². The molecule has 1 N–H and O–H groups in total. The largest absolute Gasteiger partial charge is 0.494 e. The number of hydrogen-bond donors (Lipinski definition) is 1. The molecule has 0 amide bonds. The van der Waals surface area contributed by atoms with Crippen LogP contribution in [-0.4, -0.2) is 18.3 Å². The zero-order chi connectivity index (χ0) is 18.5. The molecule has 1 aromatic rings. The topological polar surface area (TPSA) is 29.5 Å². The summed E-state index contributed by atoms with van der Waals surface area (Å²) in [4.78, 5) is 0. The minimum atomic E-state index is 0.287. The van der Waals surface area contributed by atoms with Crippen LogP contribution >= 0.6 is 0 Å². The van der Waals surface area contributed by atoms with Crippen LogP contribution in [-0.2, 0) is 0 Å². The fraction of sp³-hybridized carbons (Fsp3) is 0.750. The van der Waals surface area contributed by atoms with E-state index in [2.05, 4.69) is 31.2 Å². The molecule has 0 aliphatic heterocycles. The molecule has 148 valence electrons. The second kappa shape index (κ2) is 13.2. The summed E-state index contributed by atoms with van der Waals surface area (Å²) < 4.78 is 5.80. The zero-order valence-corrected chi connectivity index (χ0v) is 16.9. The van der Waals surface area contributed by atoms with Crippen molar-refractivity contribution in [1.82, 2.24) is 0 Å². The van der Waals surface area contributed by atoms with Gasteiger partial charge in [-0.2, -0.15) is 0 Å². The zero-order valence-electron chi connectivity index (χ0n) is 16.9. The number of rotatable bonds is 13. The molecule has 1 aliphatic rings. The van der Waals surface area contributed by atoms with E-state index >= 15 is 0 Å². The number of benzene rings is 1. The number of aliphatic hydroxyl groups is 1. The van der Waals surface area contributed by atoms with Gasteiger partial charge in [-0.1, -0.05) is 57.6 Å². The van der Waals surface area contributed by atoms with Crippen molar-refractivity contribution < 1.29 is 9.84 Å². The highest BCUT2D eigenvalue weighted by Crippen LogP contribution is 2.38. The van der Waals surface area contributed by atoms with Gasteiger partial charge in [-0.3, -0.25) is 0 Å². The van der Waals surface area contributed by atoms with Gasteiger partial charge in [0.2, 0.25) is 0 Å². The average Bonchev–Trinajstić information content (AvgIpc) is 2.69. The van der Waals surface area contributed by atoms with Gasteiger partial charge in [0.25, 0.3) is 0 Å². The number of unbranched alkanes of at least 4 members (excludes halogenated alkanes) is 6. The van der Waals surface area contributed by atoms with E-state index in [4.69, 9.17) is 9.84 Å². The standard InChI is InChI=1S/C24H40O2/c1-2-3-4-5-7-10-21-11-13-22(14-12-21)23-15-17-24(18-16-23)26-20-9-6-8-19-25/h15-18,21-22,25H,2-14,19-20H2,1H3. The lowest BCUT2D eigenvalue weighted by Gasteiger charge is -2.29. The maximum absolute atomic E-state index is 8.79. The molecule has 0 bridgehead atoms. The van der Waals surface area contributed by atoms with Crippen LogP contribution in [0, 0.1) is 5.92 Å². The summed E-state index contributed by atoms with van der Waals surface area (Å²) in [7, 11) is 0. The molecule has 1 fully saturated rings. The second-order valence-corrected chi connectivity index (χ2v) is 8.12. The average molecular weight is 361 g/mol. The maximum Gasteiger partial charge on any atom is 0.119 e. The number of hydrogen-bond acceptors (Lipinski definition) is 2. The van der Waals surface area contributed by atoms with Crippen LogP contribution in [0.5, 0.6) is 5.75 Å². The second-order valence-electron chi connectivity index (χ2n) is 8.12. The SMILES string of the molecule is CCCCCCCC1CCC(c2ccc(OCCCCCO)cc2)CC1. The van der Waals surface area contributed by atoms with Crippen molar-refractivity contribution >= 4 is 0 Å². The first-order chi connectivity index (χ1) is 12.8. The van der Waals surface area contributed by atoms with Gasteiger partial charge in [0.1, 0.15) is 5.75 Å². The van der Waals surface area contributed by atoms with Gasteiger partial charge >= 0.3 is 0 Å². The summed E-state index contributed by atoms with van der Waals surface area (Å²) in [6.45, 7) is 3.33. The van der Waals surface area contributed by atoms with Crippen molar-refractivity contribution in [3.63, 3.8) is 0 Å². The Bertz CT molecular complexity index is 446. The van der Waals surface area contributed by atoms with Crippen LogP contribution in [0.15, 0.2) is 24.3 Å². The lowest BCUT2D eigenvalue weighted by atomic mass is 9.77. The van der Waals surface area contributed by atoms with E-state index in [0.29, 0.717) is 0 Å². The molecule has 1 aliphatic carbocycles. The van der Waals surface area contributed by atoms with Gasteiger partial charge < -0.3 is 9.84 Å². The molecule has 0 spiro atoms. The summed E-state index contributed by atoms with van der Waals surface area (Å²) in [5.41, 5.74) is 1.50. The predicted octanol–water partition coefficient (Wildman–Crippen LogP) is 6.86. The van der Waals surface area contributed by atoms with E-state index in [1.165, 1.54) is 69.8 Å². The van der Waals surface area contributed by atoms with Crippen molar-refractivity contribution in [1.29, 1.82) is 0 Å². The van der Waals surface area contributed by atoms with Crippen LogP contribution in [0.25, 0.3) is 0 Å². The van der Waals surface area contributed by atoms with Crippen molar-refractivity contribution in [2.24, 2.45) is 5.92 Å². The molecular formula is C24H40O2. The maximum atomic E-state index is 8.79. The third-order valence-electron chi connectivity index (χ3n) is 5.99. The molecule has 2 nitrogen and oxygen atoms in total. The number of aliphatic hydroxyl groups excluding tert-OH is 1. The Morgan fingerprint density at radius 2 is 1.54 bits per heavy atom. The Morgan fingerprint density at radius 1 is 0.846 bits per heavy atom. The predicted molar refractivity (Wildman–Crippen MR) is 111 cm³/mol. The Labute approximate surface area is 161 Å². The lowest BCUT2D eigenvalue weighted by Crippen LogP contribution is -2.13. The summed E-state index contributed by atoms with van der Waals surface area (Å²) in [6, 6.07) is 8.83. The van der Waals surface area contributed by atoms with E-state index in [1.807, 2.05) is 0 Å². The van der Waals surface area contributed by atoms with Crippen molar-refractivity contribution in [3.8, 4) is 5.75 Å². The molecule has 0 radical (unpaired) electrons. The smallest absolute Gasteiger partial charge is 0.119 e. The van der Waals surface area contributed by atoms with Crippen LogP contribution in [0.3, 0.4) is 0 Å². The van der Waals surface area contributed by atoms with Crippen LogP contribution < -0.4 is 4.74 Å². The summed E-state index contributed by atoms with van der Waals surface area (Å²) in [5.74, 6) is 2.72. The minimum Gasteiger partial charge on any atom is -0.494 e. The van der Waals surface area contributed by atoms with Gasteiger partial charge in [-0.05, 0) is 74.5 Å². The van der Waals surface area contributed by atoms with E-state index in [-0.39, 0.29) is 6.61 Å². The van der Waals surface area contributed by atoms with Crippen molar-refractivity contribution in [3.05, 3.63) is 29.8 Å². The van der Waals surface area contributed by atoms with Crippen molar-refractivity contribution in [2.45, 2.75) is 96.3 Å². The quantitative estimate of drug-likeness (QED) is 0.389. The Hall–Kier alpha value is -1.02. The van der Waals surface area contributed by atoms with Crippen molar-refractivity contribution in [2.75, 3.05) is 13.2 Å². The summed E-state index contributed by atoms with van der Waals surface area (Å²) in [6.07, 6.45) is 17.0. The fourth-order valence-corrected chi connectivity index (χ4v) is 4.24. The van der Waals surface area contributed by atoms with Crippen LogP contribution in [0.2, 0.25) is 0 Å². The van der Waals surface area contributed by atoms with Crippen LogP contribution in [0.4, 0.5) is 0 Å². The third-order valence-corrected chi connectivity index (χ3v) is 5.99. The first-order valence-electron chi connectivity index (χ1n) is 11.2. The van der Waals surface area contributed by atoms with E-state index in [0.717, 1.165) is 43.5 Å². The molecule has 0 saturated heterocycles. The minimum absolute atomic E-state index is 0.287. The first kappa shape index (κ1) is 21.3. The molecule has 0 heterocycles. The van der Waals surface area contributed by atoms with Gasteiger partial charge in [0, 0.05) is 6.61 Å². The van der Waals surface area contributed by atoms with Gasteiger partial charge in [0.15, 0.2) is 0 Å². The molecular weight excluding hydrogens is 320 g/mol. The van der Waals surface area contributed by atoms with Crippen LogP contribution in [0.1, 0.15) is 102 Å². The first-order valence-corrected chi connectivity index (χ1v) is 11.2. The molecule has 0 atom stereocenters. The van der Waals surface area contributed by atoms with E-state index in [1.54, 1.807) is 0 Å². The Morgan fingerprint density at radius 3 is 2.23 bits per heavy atom. The molecule has 1 saturated carbocycles. The lowest BCUT2D eigenvalue weighted by molar-refractivity contribution is 0.266. The van der Waals surface area contributed by atoms with E-state index < -0.39 is 0 Å². The number of ether oxygens (including phenoxy) is 1. The molecule has 2 rings (SSSR count). The Kier molecular flexibility index (Phi) is 10.8. The van der Waals surface area contributed by atoms with Gasteiger partial charge in [-0.15, -0.1) is 0 Å². The summed E-state index contributed by atoms with van der Waals surface area (Å²) in [5, 5.41) is 8.79. The van der Waals surface area contributed by atoms with E-state index in [9.17, 15) is 0 Å². The summed E-state index contributed by atoms with van der Waals surface area (Å²) >= 11 is 0. The molecule has 26 heavy (non-hydrogen) atoms. The molecule has 1 aromatic carbocycles.